The summed E-state index contributed by atoms with van der Waals surface area (Å²) in [5.74, 6) is 0.580. The lowest BCUT2D eigenvalue weighted by molar-refractivity contribution is -0.124. The Hall–Kier alpha value is -3.46. The number of carbonyl (C=O) groups is 3. The monoisotopic (exact) mass is 469 g/mol. The molecule has 0 unspecified atom stereocenters. The molecule has 1 fully saturated rings. The van der Waals surface area contributed by atoms with Crippen LogP contribution in [0.3, 0.4) is 0 Å². The zero-order chi connectivity index (χ0) is 23.8. The quantitative estimate of drug-likeness (QED) is 0.513. The molecule has 0 atom stereocenters. The Bertz CT molecular complexity index is 1070. The zero-order valence-electron chi connectivity index (χ0n) is 18.8. The summed E-state index contributed by atoms with van der Waals surface area (Å²) in [5, 5.41) is 5.63. The summed E-state index contributed by atoms with van der Waals surface area (Å²) in [4.78, 5) is 38.5. The van der Waals surface area contributed by atoms with E-state index >= 15 is 0 Å². The molecular weight excluding hydrogens is 442 g/mol. The zero-order valence-corrected chi connectivity index (χ0v) is 19.7. The van der Waals surface area contributed by atoms with Gasteiger partial charge in [-0.15, -0.1) is 0 Å². The predicted octanol–water partition coefficient (Wildman–Crippen LogP) is 3.67. The molecule has 0 radical (unpaired) electrons. The fourth-order valence-corrected chi connectivity index (χ4v) is 4.13. The van der Waals surface area contributed by atoms with Crippen molar-refractivity contribution in [3.8, 4) is 11.5 Å². The van der Waals surface area contributed by atoms with Crippen molar-refractivity contribution in [3.05, 3.63) is 58.5 Å². The maximum absolute atomic E-state index is 12.7. The molecule has 0 bridgehead atoms. The van der Waals surface area contributed by atoms with Gasteiger partial charge in [-0.2, -0.15) is 0 Å². The third-order valence-corrected chi connectivity index (χ3v) is 5.96. The van der Waals surface area contributed by atoms with E-state index in [0.717, 1.165) is 27.9 Å². The third-order valence-electron chi connectivity index (χ3n) is 5.05. The molecule has 0 aromatic heterocycles. The van der Waals surface area contributed by atoms with Crippen LogP contribution in [0.1, 0.15) is 17.5 Å². The maximum Gasteiger partial charge on any atom is 0.293 e. The van der Waals surface area contributed by atoms with E-state index in [1.165, 1.54) is 7.11 Å². The standard InChI is InChI=1S/C24H27N3O5S/c1-16-6-4-5-7-18(16)25-11-10-22(28)26-12-13-27-23(29)21(33-24(27)30)15-17-8-9-19(31-2)20(14-17)32-3/h4-9,14-15,25H,10-13H2,1-3H3,(H,26,28)/b21-15-. The average molecular weight is 470 g/mol. The molecule has 8 nitrogen and oxygen atoms in total. The van der Waals surface area contributed by atoms with Gasteiger partial charge >= 0.3 is 0 Å². The van der Waals surface area contributed by atoms with E-state index in [0.29, 0.717) is 28.5 Å². The van der Waals surface area contributed by atoms with Gasteiger partial charge in [-0.1, -0.05) is 24.3 Å². The van der Waals surface area contributed by atoms with Crippen molar-refractivity contribution in [3.63, 3.8) is 0 Å². The first-order chi connectivity index (χ1) is 15.9. The van der Waals surface area contributed by atoms with Gasteiger partial charge in [-0.25, -0.2) is 0 Å². The highest BCUT2D eigenvalue weighted by Gasteiger charge is 2.34. The molecule has 2 aromatic rings. The van der Waals surface area contributed by atoms with Gasteiger partial charge in [0.15, 0.2) is 11.5 Å². The second kappa shape index (κ2) is 11.4. The number of thioether (sulfide) groups is 1. The molecule has 9 heteroatoms. The SMILES string of the molecule is COc1ccc(/C=C2\SC(=O)N(CCNC(=O)CCNc3ccccc3C)C2=O)cc1OC. The summed E-state index contributed by atoms with van der Waals surface area (Å²) in [5.41, 5.74) is 2.82. The average Bonchev–Trinajstić information content (AvgIpc) is 3.07. The van der Waals surface area contributed by atoms with Crippen molar-refractivity contribution >= 4 is 40.6 Å². The van der Waals surface area contributed by atoms with Crippen LogP contribution in [0.2, 0.25) is 0 Å². The Balaban J connectivity index is 1.48. The normalized spacial score (nSPS) is 14.5. The lowest BCUT2D eigenvalue weighted by atomic mass is 10.2. The number of nitrogens with one attached hydrogen (secondary N) is 2. The van der Waals surface area contributed by atoms with Crippen molar-refractivity contribution in [2.24, 2.45) is 0 Å². The van der Waals surface area contributed by atoms with E-state index in [4.69, 9.17) is 9.47 Å². The molecule has 0 saturated carbocycles. The summed E-state index contributed by atoms with van der Waals surface area (Å²) >= 11 is 0.875. The number of methoxy groups -OCH3 is 2. The van der Waals surface area contributed by atoms with Crippen LogP contribution in [0.25, 0.3) is 6.08 Å². The van der Waals surface area contributed by atoms with Crippen molar-refractivity contribution in [2.45, 2.75) is 13.3 Å². The number of benzene rings is 2. The van der Waals surface area contributed by atoms with Crippen LogP contribution in [0, 0.1) is 6.92 Å². The Labute approximate surface area is 197 Å². The Morgan fingerprint density at radius 3 is 2.55 bits per heavy atom. The minimum atomic E-state index is -0.379. The van der Waals surface area contributed by atoms with Crippen LogP contribution in [0.5, 0.6) is 11.5 Å². The van der Waals surface area contributed by atoms with E-state index in [9.17, 15) is 14.4 Å². The van der Waals surface area contributed by atoms with Gasteiger partial charge in [0.25, 0.3) is 11.1 Å². The van der Waals surface area contributed by atoms with Crippen molar-refractivity contribution in [1.29, 1.82) is 0 Å². The first kappa shape index (κ1) is 24.2. The summed E-state index contributed by atoms with van der Waals surface area (Å²) in [7, 11) is 3.07. The number of para-hydroxylation sites is 1. The number of anilines is 1. The van der Waals surface area contributed by atoms with Gasteiger partial charge in [0, 0.05) is 31.7 Å². The number of aryl methyl sites for hydroxylation is 1. The molecule has 2 aromatic carbocycles. The molecule has 1 aliphatic rings. The largest absolute Gasteiger partial charge is 0.493 e. The van der Waals surface area contributed by atoms with Crippen LogP contribution in [-0.4, -0.2) is 55.8 Å². The topological polar surface area (TPSA) is 97.0 Å². The lowest BCUT2D eigenvalue weighted by Gasteiger charge is -2.13. The molecule has 1 heterocycles. The molecule has 1 aliphatic heterocycles. The number of amides is 3. The maximum atomic E-state index is 12.7. The first-order valence-electron chi connectivity index (χ1n) is 10.5. The fourth-order valence-electron chi connectivity index (χ4n) is 3.26. The van der Waals surface area contributed by atoms with E-state index in [-0.39, 0.29) is 36.6 Å². The molecule has 3 rings (SSSR count). The number of nitrogens with zero attached hydrogens (tertiary/aromatic N) is 1. The number of hydrogen-bond donors (Lipinski definition) is 2. The van der Waals surface area contributed by atoms with Crippen molar-refractivity contribution in [2.75, 3.05) is 39.2 Å². The van der Waals surface area contributed by atoms with Gasteiger partial charge in [-0.05, 0) is 54.1 Å². The van der Waals surface area contributed by atoms with Crippen LogP contribution in [0.15, 0.2) is 47.4 Å². The highest BCUT2D eigenvalue weighted by molar-refractivity contribution is 8.18. The molecule has 3 amide bonds. The van der Waals surface area contributed by atoms with Gasteiger partial charge in [0.05, 0.1) is 19.1 Å². The summed E-state index contributed by atoms with van der Waals surface area (Å²) in [6, 6.07) is 13.1. The molecule has 0 aliphatic carbocycles. The number of ether oxygens (including phenoxy) is 2. The minimum Gasteiger partial charge on any atom is -0.493 e. The van der Waals surface area contributed by atoms with E-state index in [2.05, 4.69) is 10.6 Å². The number of carbonyl (C=O) groups excluding carboxylic acids is 3. The van der Waals surface area contributed by atoms with Crippen LogP contribution in [0.4, 0.5) is 10.5 Å². The lowest BCUT2D eigenvalue weighted by Crippen LogP contribution is -2.37. The summed E-state index contributed by atoms with van der Waals surface area (Å²) < 4.78 is 10.5. The molecule has 1 saturated heterocycles. The second-order valence-corrected chi connectivity index (χ2v) is 8.28. The number of imide groups is 1. The molecule has 0 spiro atoms. The van der Waals surface area contributed by atoms with Crippen LogP contribution in [-0.2, 0) is 9.59 Å². The summed E-state index contributed by atoms with van der Waals surface area (Å²) in [6.07, 6.45) is 1.93. The Kier molecular flexibility index (Phi) is 8.37. The summed E-state index contributed by atoms with van der Waals surface area (Å²) in [6.45, 7) is 2.81. The molecule has 33 heavy (non-hydrogen) atoms. The molecule has 2 N–H and O–H groups in total. The molecule has 174 valence electrons. The smallest absolute Gasteiger partial charge is 0.293 e. The third kappa shape index (κ3) is 6.29. The number of rotatable bonds is 10. The van der Waals surface area contributed by atoms with Crippen molar-refractivity contribution in [1.82, 2.24) is 10.2 Å². The Morgan fingerprint density at radius 2 is 1.82 bits per heavy atom. The van der Waals surface area contributed by atoms with Crippen molar-refractivity contribution < 1.29 is 23.9 Å². The first-order valence-corrected chi connectivity index (χ1v) is 11.3. The van der Waals surface area contributed by atoms with Gasteiger partial charge < -0.3 is 20.1 Å². The highest BCUT2D eigenvalue weighted by atomic mass is 32.2. The van der Waals surface area contributed by atoms with E-state index in [1.807, 2.05) is 31.2 Å². The van der Waals surface area contributed by atoms with Crippen LogP contribution >= 0.6 is 11.8 Å². The van der Waals surface area contributed by atoms with Gasteiger partial charge in [-0.3, -0.25) is 19.3 Å². The fraction of sp³-hybridized carbons (Fsp3) is 0.292. The minimum absolute atomic E-state index is 0.116. The molecular formula is C24H27N3O5S. The second-order valence-electron chi connectivity index (χ2n) is 7.29. The van der Waals surface area contributed by atoms with E-state index in [1.54, 1.807) is 31.4 Å². The van der Waals surface area contributed by atoms with Gasteiger partial charge in [0.1, 0.15) is 0 Å². The highest BCUT2D eigenvalue weighted by Crippen LogP contribution is 2.34. The van der Waals surface area contributed by atoms with Gasteiger partial charge in [0.2, 0.25) is 5.91 Å². The predicted molar refractivity (Wildman–Crippen MR) is 130 cm³/mol. The number of hydrogen-bond acceptors (Lipinski definition) is 7. The van der Waals surface area contributed by atoms with E-state index < -0.39 is 0 Å². The Morgan fingerprint density at radius 1 is 1.06 bits per heavy atom. The van der Waals surface area contributed by atoms with Crippen LogP contribution < -0.4 is 20.1 Å².